The van der Waals surface area contributed by atoms with Crippen LogP contribution in [-0.4, -0.2) is 43.5 Å². The van der Waals surface area contributed by atoms with Gasteiger partial charge in [-0.15, -0.1) is 0 Å². The minimum atomic E-state index is -0.421. The summed E-state index contributed by atoms with van der Waals surface area (Å²) in [5.74, 6) is 0.752. The van der Waals surface area contributed by atoms with Gasteiger partial charge in [-0.2, -0.15) is 0 Å². The van der Waals surface area contributed by atoms with E-state index in [1.807, 2.05) is 51.1 Å². The number of nitrogens with one attached hydrogen (secondary N) is 1. The van der Waals surface area contributed by atoms with Crippen LogP contribution in [0.15, 0.2) is 35.9 Å². The molecule has 0 heterocycles. The minimum absolute atomic E-state index is 0.0820. The number of allylic oxidation sites excluding steroid dienone is 1. The van der Waals surface area contributed by atoms with E-state index in [0.717, 1.165) is 37.0 Å². The Morgan fingerprint density at radius 1 is 1.31 bits per heavy atom. The first-order valence-electron chi connectivity index (χ1n) is 9.29. The summed E-state index contributed by atoms with van der Waals surface area (Å²) in [7, 11) is 1.65. The van der Waals surface area contributed by atoms with Crippen LogP contribution >= 0.6 is 0 Å². The Balaban J connectivity index is 2.67. The van der Waals surface area contributed by atoms with Crippen LogP contribution in [0.4, 0.5) is 0 Å². The average Bonchev–Trinajstić information content (AvgIpc) is 2.68. The van der Waals surface area contributed by atoms with Gasteiger partial charge in [-0.1, -0.05) is 30.7 Å². The molecule has 0 radical (unpaired) electrons. The molecule has 1 rings (SSSR count). The van der Waals surface area contributed by atoms with E-state index in [1.165, 1.54) is 5.56 Å². The fraction of sp³-hybridized carbons (Fsp3) is 0.524. The lowest BCUT2D eigenvalue weighted by molar-refractivity contribution is -0.133. The van der Waals surface area contributed by atoms with Crippen LogP contribution in [0, 0.1) is 0 Å². The van der Waals surface area contributed by atoms with Crippen LogP contribution in [0.3, 0.4) is 0 Å². The quantitative estimate of drug-likeness (QED) is 0.459. The molecule has 0 aliphatic carbocycles. The zero-order valence-electron chi connectivity index (χ0n) is 16.5. The molecule has 5 heteroatoms. The van der Waals surface area contributed by atoms with Crippen molar-refractivity contribution in [3.8, 4) is 5.75 Å². The van der Waals surface area contributed by atoms with Gasteiger partial charge in [-0.05, 0) is 57.2 Å². The summed E-state index contributed by atoms with van der Waals surface area (Å²) < 4.78 is 5.17. The lowest BCUT2D eigenvalue weighted by atomic mass is 10.0. The van der Waals surface area contributed by atoms with Crippen molar-refractivity contribution in [2.75, 3.05) is 20.2 Å². The summed E-state index contributed by atoms with van der Waals surface area (Å²) >= 11 is 0. The fourth-order valence-corrected chi connectivity index (χ4v) is 2.73. The van der Waals surface area contributed by atoms with Gasteiger partial charge in [0.25, 0.3) is 0 Å². The van der Waals surface area contributed by atoms with Crippen LogP contribution in [0.1, 0.15) is 45.6 Å². The summed E-state index contributed by atoms with van der Waals surface area (Å²) in [5, 5.41) is 2.95. The molecule has 1 unspecified atom stereocenters. The topological polar surface area (TPSA) is 58.6 Å². The van der Waals surface area contributed by atoms with E-state index in [-0.39, 0.29) is 5.91 Å². The minimum Gasteiger partial charge on any atom is -0.497 e. The molecule has 0 saturated heterocycles. The van der Waals surface area contributed by atoms with E-state index in [4.69, 9.17) is 4.74 Å². The highest BCUT2D eigenvalue weighted by Crippen LogP contribution is 2.15. The molecule has 1 N–H and O–H groups in total. The largest absolute Gasteiger partial charge is 0.497 e. The van der Waals surface area contributed by atoms with Crippen molar-refractivity contribution < 1.29 is 14.3 Å². The Kier molecular flexibility index (Phi) is 10.1. The van der Waals surface area contributed by atoms with Gasteiger partial charge in [-0.25, -0.2) is 0 Å². The van der Waals surface area contributed by atoms with Gasteiger partial charge in [0.15, 0.2) is 0 Å². The van der Waals surface area contributed by atoms with Gasteiger partial charge >= 0.3 is 0 Å². The molecular weight excluding hydrogens is 328 g/mol. The average molecular weight is 360 g/mol. The molecule has 0 aromatic heterocycles. The van der Waals surface area contributed by atoms with Gasteiger partial charge in [0.1, 0.15) is 11.8 Å². The van der Waals surface area contributed by atoms with Gasteiger partial charge in [-0.3, -0.25) is 9.59 Å². The first-order valence-corrected chi connectivity index (χ1v) is 9.29. The maximum atomic E-state index is 12.6. The monoisotopic (exact) mass is 360 g/mol. The number of amides is 2. The third-order valence-electron chi connectivity index (χ3n) is 4.46. The number of ether oxygens (including phenoxy) is 1. The Labute approximate surface area is 157 Å². The number of aryl methyl sites for hydroxylation is 1. The lowest BCUT2D eigenvalue weighted by Gasteiger charge is -2.27. The van der Waals surface area contributed by atoms with E-state index < -0.39 is 6.04 Å². The van der Waals surface area contributed by atoms with Crippen LogP contribution < -0.4 is 10.1 Å². The van der Waals surface area contributed by atoms with Crippen molar-refractivity contribution in [2.45, 2.75) is 52.5 Å². The number of benzene rings is 1. The first kappa shape index (κ1) is 21.7. The smallest absolute Gasteiger partial charge is 0.243 e. The number of carbonyl (C=O) groups is 2. The zero-order chi connectivity index (χ0) is 19.4. The molecule has 5 nitrogen and oxygen atoms in total. The van der Waals surface area contributed by atoms with Crippen molar-refractivity contribution in [2.24, 2.45) is 0 Å². The third-order valence-corrected chi connectivity index (χ3v) is 4.46. The van der Waals surface area contributed by atoms with Crippen molar-refractivity contribution in [1.82, 2.24) is 10.2 Å². The normalized spacial score (nSPS) is 12.4. The van der Waals surface area contributed by atoms with E-state index in [0.29, 0.717) is 19.5 Å². The van der Waals surface area contributed by atoms with Crippen molar-refractivity contribution >= 4 is 12.3 Å². The summed E-state index contributed by atoms with van der Waals surface area (Å²) in [6.07, 6.45) is 5.94. The molecule has 1 aromatic rings. The summed E-state index contributed by atoms with van der Waals surface area (Å²) in [6, 6.07) is 7.53. The first-order chi connectivity index (χ1) is 12.5. The number of hydrogen-bond donors (Lipinski definition) is 1. The van der Waals surface area contributed by atoms with E-state index >= 15 is 0 Å². The van der Waals surface area contributed by atoms with Crippen LogP contribution in [0.2, 0.25) is 0 Å². The van der Waals surface area contributed by atoms with Crippen molar-refractivity contribution in [3.63, 3.8) is 0 Å². The molecule has 0 bridgehead atoms. The highest BCUT2D eigenvalue weighted by molar-refractivity contribution is 5.83. The van der Waals surface area contributed by atoms with E-state index in [1.54, 1.807) is 12.0 Å². The third kappa shape index (κ3) is 7.30. The summed E-state index contributed by atoms with van der Waals surface area (Å²) in [4.78, 5) is 25.7. The number of carbonyl (C=O) groups excluding carboxylic acids is 2. The van der Waals surface area contributed by atoms with Crippen molar-refractivity contribution in [3.05, 3.63) is 41.5 Å². The van der Waals surface area contributed by atoms with Gasteiger partial charge in [0.2, 0.25) is 12.3 Å². The Hall–Kier alpha value is -2.30. The maximum absolute atomic E-state index is 12.6. The predicted octanol–water partition coefficient (Wildman–Crippen LogP) is 3.34. The molecule has 144 valence electrons. The van der Waals surface area contributed by atoms with Crippen LogP contribution in [0.25, 0.3) is 0 Å². The standard InChI is InChI=1S/C21H32N2O3/c1-5-14-23(16-24)20(21(25)22-15-17(3)6-2)9-7-8-18-10-12-19(26-4)13-11-18/h6,10-13,16,20H,5,7-9,14-15H2,1-4H3,(H,22,25)/b17-6+. The summed E-state index contributed by atoms with van der Waals surface area (Å²) in [5.41, 5.74) is 2.30. The van der Waals surface area contributed by atoms with Gasteiger partial charge < -0.3 is 15.0 Å². The molecule has 0 aliphatic heterocycles. The van der Waals surface area contributed by atoms with Crippen LogP contribution in [-0.2, 0) is 16.0 Å². The number of rotatable bonds is 12. The highest BCUT2D eigenvalue weighted by atomic mass is 16.5. The predicted molar refractivity (Wildman–Crippen MR) is 105 cm³/mol. The zero-order valence-corrected chi connectivity index (χ0v) is 16.5. The molecule has 0 spiro atoms. The Morgan fingerprint density at radius 2 is 2.00 bits per heavy atom. The highest BCUT2D eigenvalue weighted by Gasteiger charge is 2.23. The second-order valence-electron chi connectivity index (χ2n) is 6.45. The maximum Gasteiger partial charge on any atom is 0.243 e. The molecule has 1 aromatic carbocycles. The molecular formula is C21H32N2O3. The lowest BCUT2D eigenvalue weighted by Crippen LogP contribution is -2.47. The molecule has 2 amide bonds. The van der Waals surface area contributed by atoms with E-state index in [2.05, 4.69) is 5.32 Å². The molecule has 26 heavy (non-hydrogen) atoms. The Morgan fingerprint density at radius 3 is 2.54 bits per heavy atom. The van der Waals surface area contributed by atoms with Gasteiger partial charge in [0, 0.05) is 13.1 Å². The number of methoxy groups -OCH3 is 1. The van der Waals surface area contributed by atoms with E-state index in [9.17, 15) is 9.59 Å². The van der Waals surface area contributed by atoms with Crippen LogP contribution in [0.5, 0.6) is 5.75 Å². The SMILES string of the molecule is C/C=C(\C)CNC(=O)C(CCCc1ccc(OC)cc1)N(C=O)CCC. The van der Waals surface area contributed by atoms with Gasteiger partial charge in [0.05, 0.1) is 7.11 Å². The second-order valence-corrected chi connectivity index (χ2v) is 6.45. The van der Waals surface area contributed by atoms with Crippen molar-refractivity contribution in [1.29, 1.82) is 0 Å². The second kappa shape index (κ2) is 12.1. The molecule has 1 atom stereocenters. The molecule has 0 aliphatic rings. The number of nitrogens with zero attached hydrogens (tertiary/aromatic N) is 1. The molecule has 0 fully saturated rings. The number of hydrogen-bond acceptors (Lipinski definition) is 3. The fourth-order valence-electron chi connectivity index (χ4n) is 2.73. The molecule has 0 saturated carbocycles. The Bertz CT molecular complexity index is 581. The summed E-state index contributed by atoms with van der Waals surface area (Å²) in [6.45, 7) is 7.04.